The molecular weight excluding hydrogens is 248 g/mol. The Morgan fingerprint density at radius 3 is 3.06 bits per heavy atom. The molecule has 0 bridgehead atoms. The van der Waals surface area contributed by atoms with Gasteiger partial charge in [-0.05, 0) is 24.3 Å². The third kappa shape index (κ3) is 3.10. The van der Waals surface area contributed by atoms with Gasteiger partial charge in [-0.2, -0.15) is 0 Å². The normalized spacial score (nSPS) is 21.2. The summed E-state index contributed by atoms with van der Waals surface area (Å²) in [6.07, 6.45) is 1.98. The molecule has 1 aliphatic rings. The molecule has 98 valence electrons. The van der Waals surface area contributed by atoms with Crippen molar-refractivity contribution in [3.05, 3.63) is 22.4 Å². The van der Waals surface area contributed by atoms with E-state index in [4.69, 9.17) is 0 Å². The van der Waals surface area contributed by atoms with Crippen molar-refractivity contribution >= 4 is 23.2 Å². The van der Waals surface area contributed by atoms with E-state index >= 15 is 0 Å². The van der Waals surface area contributed by atoms with Crippen molar-refractivity contribution in [1.82, 2.24) is 10.6 Å². The Kier molecular flexibility index (Phi) is 4.36. The molecule has 1 fully saturated rings. The summed E-state index contributed by atoms with van der Waals surface area (Å²) in [5.74, 6) is 0.0105. The highest BCUT2D eigenvalue weighted by molar-refractivity contribution is 7.10. The average Bonchev–Trinajstić information content (AvgIpc) is 2.90. The van der Waals surface area contributed by atoms with Crippen LogP contribution < -0.4 is 10.6 Å². The van der Waals surface area contributed by atoms with Crippen LogP contribution in [0.4, 0.5) is 0 Å². The highest BCUT2D eigenvalue weighted by Gasteiger charge is 2.26. The molecule has 2 amide bonds. The number of piperidine rings is 1. The number of hydrogen-bond donors (Lipinski definition) is 2. The molecule has 2 atom stereocenters. The molecule has 1 aliphatic heterocycles. The minimum atomic E-state index is -0.0864. The zero-order valence-corrected chi connectivity index (χ0v) is 11.3. The van der Waals surface area contributed by atoms with E-state index in [1.807, 2.05) is 17.5 Å². The van der Waals surface area contributed by atoms with E-state index in [0.29, 0.717) is 19.4 Å². The van der Waals surface area contributed by atoms with E-state index in [9.17, 15) is 9.59 Å². The smallest absolute Gasteiger partial charge is 0.225 e. The zero-order chi connectivity index (χ0) is 13.0. The fraction of sp³-hybridized carbons (Fsp3) is 0.538. The number of hydrogen-bond acceptors (Lipinski definition) is 3. The van der Waals surface area contributed by atoms with Crippen LogP contribution in [0.1, 0.15) is 37.1 Å². The number of carbonyl (C=O) groups excluding carboxylic acids is 2. The largest absolute Gasteiger partial charge is 0.355 e. The van der Waals surface area contributed by atoms with Crippen LogP contribution in [0.15, 0.2) is 17.5 Å². The van der Waals surface area contributed by atoms with Gasteiger partial charge in [-0.15, -0.1) is 11.3 Å². The van der Waals surface area contributed by atoms with Gasteiger partial charge in [0.05, 0.1) is 12.0 Å². The average molecular weight is 266 g/mol. The monoisotopic (exact) mass is 266 g/mol. The van der Waals surface area contributed by atoms with Crippen molar-refractivity contribution in [2.24, 2.45) is 5.92 Å². The standard InChI is InChI=1S/C13H18N2O2S/c1-2-10(11-4-3-7-18-11)15-13(17)9-5-6-12(16)14-8-9/h3-4,7,9-10H,2,5-6,8H2,1H3,(H,14,16)(H,15,17). The zero-order valence-electron chi connectivity index (χ0n) is 10.4. The van der Waals surface area contributed by atoms with E-state index in [0.717, 1.165) is 6.42 Å². The fourth-order valence-electron chi connectivity index (χ4n) is 2.11. The van der Waals surface area contributed by atoms with Crippen LogP contribution in [0.5, 0.6) is 0 Å². The van der Waals surface area contributed by atoms with Crippen LogP contribution >= 0.6 is 11.3 Å². The molecule has 2 N–H and O–H groups in total. The molecule has 1 aromatic rings. The Hall–Kier alpha value is -1.36. The lowest BCUT2D eigenvalue weighted by atomic mass is 9.97. The summed E-state index contributed by atoms with van der Waals surface area (Å²) in [5.41, 5.74) is 0. The lowest BCUT2D eigenvalue weighted by molar-refractivity contribution is -0.129. The SMILES string of the molecule is CCC(NC(=O)C1CCC(=O)NC1)c1cccs1. The van der Waals surface area contributed by atoms with Crippen molar-refractivity contribution < 1.29 is 9.59 Å². The maximum Gasteiger partial charge on any atom is 0.225 e. The molecule has 0 aromatic carbocycles. The van der Waals surface area contributed by atoms with Gasteiger partial charge in [0, 0.05) is 17.8 Å². The molecule has 0 radical (unpaired) electrons. The van der Waals surface area contributed by atoms with Gasteiger partial charge >= 0.3 is 0 Å². The molecule has 1 aromatic heterocycles. The second-order valence-electron chi connectivity index (χ2n) is 4.52. The molecule has 2 unspecified atom stereocenters. The quantitative estimate of drug-likeness (QED) is 0.873. The van der Waals surface area contributed by atoms with Gasteiger partial charge in [0.1, 0.15) is 0 Å². The van der Waals surface area contributed by atoms with Crippen LogP contribution in [-0.2, 0) is 9.59 Å². The first kappa shape index (κ1) is 13.1. The Balaban J connectivity index is 1.91. The molecule has 1 saturated heterocycles. The van der Waals surface area contributed by atoms with Crippen LogP contribution in [0.2, 0.25) is 0 Å². The van der Waals surface area contributed by atoms with Crippen LogP contribution in [-0.4, -0.2) is 18.4 Å². The topological polar surface area (TPSA) is 58.2 Å². The van der Waals surface area contributed by atoms with Crippen molar-refractivity contribution in [3.63, 3.8) is 0 Å². The molecule has 5 heteroatoms. The lowest BCUT2D eigenvalue weighted by Crippen LogP contribution is -2.43. The Bertz CT molecular complexity index is 407. The maximum atomic E-state index is 12.1. The number of thiophene rings is 1. The lowest BCUT2D eigenvalue weighted by Gasteiger charge is -2.24. The molecule has 18 heavy (non-hydrogen) atoms. The van der Waals surface area contributed by atoms with Crippen molar-refractivity contribution in [2.45, 2.75) is 32.2 Å². The second kappa shape index (κ2) is 6.00. The number of carbonyl (C=O) groups is 2. The molecule has 4 nitrogen and oxygen atoms in total. The summed E-state index contributed by atoms with van der Waals surface area (Å²) in [4.78, 5) is 24.4. The molecule has 2 heterocycles. The first-order valence-electron chi connectivity index (χ1n) is 6.31. The Morgan fingerprint density at radius 1 is 1.67 bits per heavy atom. The van der Waals surface area contributed by atoms with Crippen molar-refractivity contribution in [1.29, 1.82) is 0 Å². The summed E-state index contributed by atoms with van der Waals surface area (Å²) in [7, 11) is 0. The van der Waals surface area contributed by atoms with Gasteiger partial charge in [-0.1, -0.05) is 13.0 Å². The molecular formula is C13H18N2O2S. The summed E-state index contributed by atoms with van der Waals surface area (Å²) < 4.78 is 0. The number of amides is 2. The van der Waals surface area contributed by atoms with Crippen LogP contribution in [0.25, 0.3) is 0 Å². The maximum absolute atomic E-state index is 12.1. The van der Waals surface area contributed by atoms with E-state index in [2.05, 4.69) is 17.6 Å². The Labute approximate surface area is 111 Å². The molecule has 0 aliphatic carbocycles. The third-order valence-electron chi connectivity index (χ3n) is 3.25. The predicted octanol–water partition coefficient (Wildman–Crippen LogP) is 1.84. The van der Waals surface area contributed by atoms with E-state index < -0.39 is 0 Å². The Morgan fingerprint density at radius 2 is 2.50 bits per heavy atom. The highest BCUT2D eigenvalue weighted by atomic mass is 32.1. The van der Waals surface area contributed by atoms with Crippen molar-refractivity contribution in [3.8, 4) is 0 Å². The van der Waals surface area contributed by atoms with Gasteiger partial charge in [0.15, 0.2) is 0 Å². The van der Waals surface area contributed by atoms with Crippen LogP contribution in [0, 0.1) is 5.92 Å². The minimum Gasteiger partial charge on any atom is -0.355 e. The minimum absolute atomic E-state index is 0.0457. The summed E-state index contributed by atoms with van der Waals surface area (Å²) in [6, 6.07) is 4.13. The number of nitrogens with one attached hydrogen (secondary N) is 2. The highest BCUT2D eigenvalue weighted by Crippen LogP contribution is 2.22. The second-order valence-corrected chi connectivity index (χ2v) is 5.50. The van der Waals surface area contributed by atoms with Gasteiger partial charge < -0.3 is 10.6 Å². The van der Waals surface area contributed by atoms with Gasteiger partial charge in [-0.3, -0.25) is 9.59 Å². The first-order valence-corrected chi connectivity index (χ1v) is 7.19. The van der Waals surface area contributed by atoms with Crippen molar-refractivity contribution in [2.75, 3.05) is 6.54 Å². The molecule has 0 spiro atoms. The van der Waals surface area contributed by atoms with Gasteiger partial charge in [-0.25, -0.2) is 0 Å². The fourth-order valence-corrected chi connectivity index (χ4v) is 2.97. The van der Waals surface area contributed by atoms with Crippen LogP contribution in [0.3, 0.4) is 0 Å². The van der Waals surface area contributed by atoms with Gasteiger partial charge in [0.25, 0.3) is 0 Å². The molecule has 2 rings (SSSR count). The van der Waals surface area contributed by atoms with E-state index in [1.165, 1.54) is 4.88 Å². The summed E-state index contributed by atoms with van der Waals surface area (Å²) in [5, 5.41) is 7.83. The van der Waals surface area contributed by atoms with E-state index in [-0.39, 0.29) is 23.8 Å². The van der Waals surface area contributed by atoms with Gasteiger partial charge in [0.2, 0.25) is 11.8 Å². The summed E-state index contributed by atoms with van der Waals surface area (Å²) >= 11 is 1.66. The number of rotatable bonds is 4. The van der Waals surface area contributed by atoms with E-state index in [1.54, 1.807) is 11.3 Å². The third-order valence-corrected chi connectivity index (χ3v) is 4.23. The molecule has 0 saturated carbocycles. The summed E-state index contributed by atoms with van der Waals surface area (Å²) in [6.45, 7) is 2.53. The predicted molar refractivity (Wildman–Crippen MR) is 71.2 cm³/mol. The first-order chi connectivity index (χ1) is 8.70.